The first-order chi connectivity index (χ1) is 9.65. The Morgan fingerprint density at radius 1 is 1.55 bits per heavy atom. The first-order valence-corrected chi connectivity index (χ1v) is 7.11. The quantitative estimate of drug-likeness (QED) is 0.474. The highest BCUT2D eigenvalue weighted by Crippen LogP contribution is 2.30. The summed E-state index contributed by atoms with van der Waals surface area (Å²) in [6.45, 7) is 5.04. The Labute approximate surface area is 119 Å². The monoisotopic (exact) mass is 278 g/mol. The normalized spacial score (nSPS) is 19.2. The van der Waals surface area contributed by atoms with E-state index in [-0.39, 0.29) is 5.69 Å². The van der Waals surface area contributed by atoms with Crippen molar-refractivity contribution >= 4 is 11.4 Å². The molecule has 0 saturated carbocycles. The van der Waals surface area contributed by atoms with E-state index in [0.717, 1.165) is 24.6 Å². The standard InChI is InChI=1S/C14H22N4O2/c1-2-4-11-7-8-17(9-11)10-12-5-3-6-13(18(19)20)14(12)16-15/h3,5-6,11,16H,2,4,7-10,15H2,1H3. The van der Waals surface area contributed by atoms with Gasteiger partial charge in [0.15, 0.2) is 0 Å². The van der Waals surface area contributed by atoms with Crippen molar-refractivity contribution in [2.75, 3.05) is 18.5 Å². The van der Waals surface area contributed by atoms with Crippen LogP contribution in [0, 0.1) is 16.0 Å². The molecule has 110 valence electrons. The van der Waals surface area contributed by atoms with Gasteiger partial charge in [0.1, 0.15) is 5.69 Å². The summed E-state index contributed by atoms with van der Waals surface area (Å²) >= 11 is 0. The molecule has 20 heavy (non-hydrogen) atoms. The van der Waals surface area contributed by atoms with Crippen LogP contribution in [0.1, 0.15) is 31.7 Å². The van der Waals surface area contributed by atoms with Crippen molar-refractivity contribution in [2.24, 2.45) is 11.8 Å². The van der Waals surface area contributed by atoms with E-state index in [9.17, 15) is 10.1 Å². The van der Waals surface area contributed by atoms with Crippen molar-refractivity contribution in [1.29, 1.82) is 0 Å². The Morgan fingerprint density at radius 2 is 2.35 bits per heavy atom. The first kappa shape index (κ1) is 14.7. The van der Waals surface area contributed by atoms with Gasteiger partial charge in [-0.15, -0.1) is 0 Å². The molecule has 6 nitrogen and oxygen atoms in total. The molecule has 1 saturated heterocycles. The third kappa shape index (κ3) is 3.26. The summed E-state index contributed by atoms with van der Waals surface area (Å²) in [7, 11) is 0. The molecule has 1 atom stereocenters. The van der Waals surface area contributed by atoms with Crippen LogP contribution in [0.2, 0.25) is 0 Å². The number of nitrogens with zero attached hydrogens (tertiary/aromatic N) is 2. The predicted octanol–water partition coefficient (Wildman–Crippen LogP) is 2.50. The molecule has 1 aromatic carbocycles. The minimum Gasteiger partial charge on any atom is -0.318 e. The number of nitro groups is 1. The first-order valence-electron chi connectivity index (χ1n) is 7.11. The molecule has 0 bridgehead atoms. The van der Waals surface area contributed by atoms with Gasteiger partial charge in [-0.3, -0.25) is 20.9 Å². The number of benzene rings is 1. The predicted molar refractivity (Wildman–Crippen MR) is 79.2 cm³/mol. The van der Waals surface area contributed by atoms with E-state index < -0.39 is 4.92 Å². The second-order valence-corrected chi connectivity index (χ2v) is 5.39. The van der Waals surface area contributed by atoms with Gasteiger partial charge in [0.25, 0.3) is 5.69 Å². The number of para-hydroxylation sites is 1. The molecule has 1 heterocycles. The smallest absolute Gasteiger partial charge is 0.293 e. The lowest BCUT2D eigenvalue weighted by Gasteiger charge is -2.18. The number of rotatable bonds is 6. The molecule has 6 heteroatoms. The molecule has 0 spiro atoms. The van der Waals surface area contributed by atoms with E-state index in [1.807, 2.05) is 6.07 Å². The van der Waals surface area contributed by atoms with Crippen molar-refractivity contribution in [1.82, 2.24) is 4.90 Å². The molecule has 2 rings (SSSR count). The Hall–Kier alpha value is -1.66. The van der Waals surface area contributed by atoms with Crippen molar-refractivity contribution < 1.29 is 4.92 Å². The number of hydrazine groups is 1. The van der Waals surface area contributed by atoms with E-state index in [1.165, 1.54) is 25.3 Å². The van der Waals surface area contributed by atoms with Gasteiger partial charge in [0.2, 0.25) is 0 Å². The van der Waals surface area contributed by atoms with Crippen LogP contribution in [0.25, 0.3) is 0 Å². The summed E-state index contributed by atoms with van der Waals surface area (Å²) in [4.78, 5) is 13.0. The zero-order valence-electron chi connectivity index (χ0n) is 11.8. The molecule has 0 amide bonds. The van der Waals surface area contributed by atoms with E-state index in [0.29, 0.717) is 12.2 Å². The molecular formula is C14H22N4O2. The molecule has 3 N–H and O–H groups in total. The molecule has 0 radical (unpaired) electrons. The van der Waals surface area contributed by atoms with Gasteiger partial charge in [-0.1, -0.05) is 25.5 Å². The number of anilines is 1. The van der Waals surface area contributed by atoms with Crippen LogP contribution in [0.5, 0.6) is 0 Å². The molecule has 0 aliphatic carbocycles. The average Bonchev–Trinajstić information content (AvgIpc) is 2.86. The maximum Gasteiger partial charge on any atom is 0.293 e. The molecule has 1 aliphatic rings. The summed E-state index contributed by atoms with van der Waals surface area (Å²) in [5, 5.41) is 11.0. The second-order valence-electron chi connectivity index (χ2n) is 5.39. The SMILES string of the molecule is CCCC1CCN(Cc2cccc([N+](=O)[O-])c2NN)C1. The highest BCUT2D eigenvalue weighted by Gasteiger charge is 2.24. The summed E-state index contributed by atoms with van der Waals surface area (Å²) in [6.07, 6.45) is 3.69. The van der Waals surface area contributed by atoms with Crippen molar-refractivity contribution in [3.8, 4) is 0 Å². The topological polar surface area (TPSA) is 84.4 Å². The number of nitrogens with two attached hydrogens (primary N) is 1. The highest BCUT2D eigenvalue weighted by molar-refractivity contribution is 5.65. The summed E-state index contributed by atoms with van der Waals surface area (Å²) in [5.41, 5.74) is 3.84. The minimum atomic E-state index is -0.400. The number of nitro benzene ring substituents is 1. The minimum absolute atomic E-state index is 0.0364. The summed E-state index contributed by atoms with van der Waals surface area (Å²) in [5.74, 6) is 6.22. The summed E-state index contributed by atoms with van der Waals surface area (Å²) < 4.78 is 0. The third-order valence-electron chi connectivity index (χ3n) is 3.93. The average molecular weight is 278 g/mol. The molecule has 1 aromatic rings. The fraction of sp³-hybridized carbons (Fsp3) is 0.571. The van der Waals surface area contributed by atoms with E-state index in [2.05, 4.69) is 17.2 Å². The zero-order chi connectivity index (χ0) is 14.5. The van der Waals surface area contributed by atoms with Crippen LogP contribution >= 0.6 is 0 Å². The Balaban J connectivity index is 2.10. The van der Waals surface area contributed by atoms with Crippen LogP contribution in [0.15, 0.2) is 18.2 Å². The van der Waals surface area contributed by atoms with Gasteiger partial charge in [-0.05, 0) is 30.9 Å². The van der Waals surface area contributed by atoms with Crippen LogP contribution < -0.4 is 11.3 Å². The number of hydrogen-bond donors (Lipinski definition) is 2. The van der Waals surface area contributed by atoms with Crippen LogP contribution in [-0.2, 0) is 6.54 Å². The van der Waals surface area contributed by atoms with Crippen LogP contribution in [0.4, 0.5) is 11.4 Å². The van der Waals surface area contributed by atoms with Gasteiger partial charge >= 0.3 is 0 Å². The second kappa shape index (κ2) is 6.67. The maximum absolute atomic E-state index is 11.0. The number of hydrogen-bond acceptors (Lipinski definition) is 5. The zero-order valence-corrected chi connectivity index (χ0v) is 11.8. The van der Waals surface area contributed by atoms with Gasteiger partial charge in [-0.2, -0.15) is 0 Å². The van der Waals surface area contributed by atoms with Gasteiger partial charge in [-0.25, -0.2) is 0 Å². The fourth-order valence-electron chi connectivity index (χ4n) is 2.98. The maximum atomic E-state index is 11.0. The largest absolute Gasteiger partial charge is 0.318 e. The van der Waals surface area contributed by atoms with Gasteiger partial charge < -0.3 is 5.43 Å². The summed E-state index contributed by atoms with van der Waals surface area (Å²) in [6, 6.07) is 5.09. The number of nitrogens with one attached hydrogen (secondary N) is 1. The third-order valence-corrected chi connectivity index (χ3v) is 3.93. The Kier molecular flexibility index (Phi) is 4.92. The molecule has 1 fully saturated rings. The van der Waals surface area contributed by atoms with Crippen molar-refractivity contribution in [3.63, 3.8) is 0 Å². The van der Waals surface area contributed by atoms with E-state index in [1.54, 1.807) is 6.07 Å². The number of nitrogen functional groups attached to an aromatic ring is 1. The lowest BCUT2D eigenvalue weighted by Crippen LogP contribution is -2.22. The molecular weight excluding hydrogens is 256 g/mol. The molecule has 1 unspecified atom stereocenters. The van der Waals surface area contributed by atoms with Crippen molar-refractivity contribution in [3.05, 3.63) is 33.9 Å². The van der Waals surface area contributed by atoms with Crippen LogP contribution in [-0.4, -0.2) is 22.9 Å². The molecule has 1 aliphatic heterocycles. The Morgan fingerprint density at radius 3 is 3.00 bits per heavy atom. The van der Waals surface area contributed by atoms with Crippen molar-refractivity contribution in [2.45, 2.75) is 32.7 Å². The number of likely N-dealkylation sites (tertiary alicyclic amines) is 1. The lowest BCUT2D eigenvalue weighted by atomic mass is 10.0. The highest BCUT2D eigenvalue weighted by atomic mass is 16.6. The molecule has 0 aromatic heterocycles. The van der Waals surface area contributed by atoms with E-state index in [4.69, 9.17) is 5.84 Å². The van der Waals surface area contributed by atoms with Gasteiger partial charge in [0, 0.05) is 19.2 Å². The van der Waals surface area contributed by atoms with E-state index >= 15 is 0 Å². The lowest BCUT2D eigenvalue weighted by molar-refractivity contribution is -0.384. The Bertz CT molecular complexity index is 478. The fourth-order valence-corrected chi connectivity index (χ4v) is 2.98. The van der Waals surface area contributed by atoms with Gasteiger partial charge in [0.05, 0.1) is 4.92 Å². The van der Waals surface area contributed by atoms with Crippen LogP contribution in [0.3, 0.4) is 0 Å².